The summed E-state index contributed by atoms with van der Waals surface area (Å²) in [7, 11) is -3.61. The van der Waals surface area contributed by atoms with Gasteiger partial charge in [0.2, 0.25) is 10.0 Å². The Labute approximate surface area is 117 Å². The van der Waals surface area contributed by atoms with E-state index >= 15 is 0 Å². The van der Waals surface area contributed by atoms with Crippen LogP contribution in [0.3, 0.4) is 0 Å². The second-order valence-electron chi connectivity index (χ2n) is 4.35. The van der Waals surface area contributed by atoms with Crippen molar-refractivity contribution in [1.29, 1.82) is 0 Å². The molecular weight excluding hydrogens is 282 g/mol. The number of nitrogens with zero attached hydrogens (tertiary/aromatic N) is 2. The van der Waals surface area contributed by atoms with Crippen LogP contribution in [0.4, 0.5) is 0 Å². The van der Waals surface area contributed by atoms with Crippen molar-refractivity contribution >= 4 is 10.0 Å². The first kappa shape index (κ1) is 14.8. The summed E-state index contributed by atoms with van der Waals surface area (Å²) in [4.78, 5) is 0.0960. The molecule has 0 radical (unpaired) electrons. The van der Waals surface area contributed by atoms with E-state index in [2.05, 4.69) is 9.82 Å². The SMILES string of the molecule is Cc1ccc(CNS(=O)(=O)c2cnn(CCCO)c2)o1. The molecule has 0 aliphatic carbocycles. The van der Waals surface area contributed by atoms with Crippen molar-refractivity contribution in [3.05, 3.63) is 36.0 Å². The van der Waals surface area contributed by atoms with Gasteiger partial charge < -0.3 is 9.52 Å². The van der Waals surface area contributed by atoms with Crippen LogP contribution < -0.4 is 4.72 Å². The molecule has 0 aliphatic heterocycles. The Kier molecular flexibility index (Phi) is 4.58. The molecule has 2 rings (SSSR count). The maximum absolute atomic E-state index is 12.0. The first-order valence-corrected chi connectivity index (χ1v) is 7.68. The lowest BCUT2D eigenvalue weighted by atomic mass is 10.4. The first-order valence-electron chi connectivity index (χ1n) is 6.19. The summed E-state index contributed by atoms with van der Waals surface area (Å²) >= 11 is 0. The van der Waals surface area contributed by atoms with Crippen molar-refractivity contribution in [3.63, 3.8) is 0 Å². The van der Waals surface area contributed by atoms with Crippen LogP contribution in [0.15, 0.2) is 33.8 Å². The molecular formula is C12H17N3O4S. The zero-order valence-corrected chi connectivity index (χ0v) is 11.9. The van der Waals surface area contributed by atoms with Crippen LogP contribution in [-0.2, 0) is 23.1 Å². The summed E-state index contributed by atoms with van der Waals surface area (Å²) in [5.41, 5.74) is 0. The molecule has 8 heteroatoms. The van der Waals surface area contributed by atoms with Crippen LogP contribution in [0, 0.1) is 6.92 Å². The average molecular weight is 299 g/mol. The second kappa shape index (κ2) is 6.21. The fourth-order valence-electron chi connectivity index (χ4n) is 1.67. The van der Waals surface area contributed by atoms with Crippen LogP contribution >= 0.6 is 0 Å². The highest BCUT2D eigenvalue weighted by Gasteiger charge is 2.16. The van der Waals surface area contributed by atoms with Crippen molar-refractivity contribution < 1.29 is 17.9 Å². The molecule has 0 saturated carbocycles. The minimum atomic E-state index is -3.61. The smallest absolute Gasteiger partial charge is 0.244 e. The van der Waals surface area contributed by atoms with Crippen molar-refractivity contribution in [1.82, 2.24) is 14.5 Å². The molecule has 2 heterocycles. The summed E-state index contributed by atoms with van der Waals surface area (Å²) in [5.74, 6) is 1.29. The first-order chi connectivity index (χ1) is 9.51. The van der Waals surface area contributed by atoms with Gasteiger partial charge in [-0.15, -0.1) is 0 Å². The Balaban J connectivity index is 2.00. The van der Waals surface area contributed by atoms with E-state index in [1.165, 1.54) is 17.1 Å². The molecule has 0 amide bonds. The summed E-state index contributed by atoms with van der Waals surface area (Å²) in [5, 5.41) is 12.7. The quantitative estimate of drug-likeness (QED) is 0.782. The zero-order valence-electron chi connectivity index (χ0n) is 11.1. The van der Waals surface area contributed by atoms with Gasteiger partial charge in [0, 0.05) is 19.3 Å². The van der Waals surface area contributed by atoms with Gasteiger partial charge in [-0.1, -0.05) is 0 Å². The fourth-order valence-corrected chi connectivity index (χ4v) is 2.61. The zero-order chi connectivity index (χ0) is 14.6. The molecule has 0 spiro atoms. The van der Waals surface area contributed by atoms with E-state index in [0.717, 1.165) is 5.76 Å². The molecule has 2 aromatic heterocycles. The van der Waals surface area contributed by atoms with Crippen molar-refractivity contribution in [2.24, 2.45) is 0 Å². The number of furan rings is 1. The summed E-state index contributed by atoms with van der Waals surface area (Å²) in [6.45, 7) is 2.41. The highest BCUT2D eigenvalue weighted by molar-refractivity contribution is 7.89. The molecule has 0 saturated heterocycles. The number of aliphatic hydroxyl groups is 1. The molecule has 0 unspecified atom stereocenters. The largest absolute Gasteiger partial charge is 0.465 e. The van der Waals surface area contributed by atoms with Crippen LogP contribution in [0.5, 0.6) is 0 Å². The van der Waals surface area contributed by atoms with Gasteiger partial charge in [0.05, 0.1) is 12.7 Å². The fraction of sp³-hybridized carbons (Fsp3) is 0.417. The maximum atomic E-state index is 12.0. The topological polar surface area (TPSA) is 97.4 Å². The Bertz CT molecular complexity index is 660. The third kappa shape index (κ3) is 3.69. The third-order valence-corrected chi connectivity index (χ3v) is 4.05. The van der Waals surface area contributed by atoms with Crippen molar-refractivity contribution in [3.8, 4) is 0 Å². The maximum Gasteiger partial charge on any atom is 0.244 e. The summed E-state index contributed by atoms with van der Waals surface area (Å²) < 4.78 is 33.3. The standard InChI is InChI=1S/C12H17N3O4S/c1-10-3-4-11(19-10)7-14-20(17,18)12-8-13-15(9-12)5-2-6-16/h3-4,8-9,14,16H,2,5-7H2,1H3. The highest BCUT2D eigenvalue weighted by atomic mass is 32.2. The number of hydrogen-bond donors (Lipinski definition) is 2. The van der Waals surface area contributed by atoms with E-state index in [1.54, 1.807) is 19.1 Å². The van der Waals surface area contributed by atoms with Gasteiger partial charge in [-0.05, 0) is 25.5 Å². The molecule has 0 aliphatic rings. The highest BCUT2D eigenvalue weighted by Crippen LogP contribution is 2.10. The van der Waals surface area contributed by atoms with Crippen LogP contribution in [0.2, 0.25) is 0 Å². The molecule has 20 heavy (non-hydrogen) atoms. The number of rotatable bonds is 7. The Morgan fingerprint density at radius 3 is 2.90 bits per heavy atom. The average Bonchev–Trinajstić information content (AvgIpc) is 3.03. The Morgan fingerprint density at radius 2 is 2.25 bits per heavy atom. The molecule has 0 fully saturated rings. The third-order valence-electron chi connectivity index (χ3n) is 2.70. The van der Waals surface area contributed by atoms with Crippen LogP contribution in [-0.4, -0.2) is 29.9 Å². The summed E-state index contributed by atoms with van der Waals surface area (Å²) in [6, 6.07) is 3.50. The van der Waals surface area contributed by atoms with E-state index in [4.69, 9.17) is 9.52 Å². The van der Waals surface area contributed by atoms with E-state index < -0.39 is 10.0 Å². The normalized spacial score (nSPS) is 11.9. The molecule has 110 valence electrons. The summed E-state index contributed by atoms with van der Waals surface area (Å²) in [6.07, 6.45) is 3.25. The minimum absolute atomic E-state index is 0.0397. The number of nitrogens with one attached hydrogen (secondary N) is 1. The lowest BCUT2D eigenvalue weighted by molar-refractivity contribution is 0.277. The van der Waals surface area contributed by atoms with Gasteiger partial charge in [0.15, 0.2) is 0 Å². The van der Waals surface area contributed by atoms with Gasteiger partial charge in [-0.3, -0.25) is 4.68 Å². The molecule has 0 atom stereocenters. The van der Waals surface area contributed by atoms with E-state index in [1.807, 2.05) is 0 Å². The van der Waals surface area contributed by atoms with E-state index in [-0.39, 0.29) is 18.0 Å². The molecule has 2 aromatic rings. The van der Waals surface area contributed by atoms with Crippen molar-refractivity contribution in [2.45, 2.75) is 31.3 Å². The second-order valence-corrected chi connectivity index (χ2v) is 6.12. The predicted octanol–water partition coefficient (Wildman–Crippen LogP) is 0.645. The van der Waals surface area contributed by atoms with Gasteiger partial charge in [-0.25, -0.2) is 13.1 Å². The van der Waals surface area contributed by atoms with Gasteiger partial charge in [-0.2, -0.15) is 5.10 Å². The van der Waals surface area contributed by atoms with E-state index in [0.29, 0.717) is 18.7 Å². The monoisotopic (exact) mass is 299 g/mol. The number of aliphatic hydroxyl groups excluding tert-OH is 1. The molecule has 2 N–H and O–H groups in total. The lowest BCUT2D eigenvalue weighted by Gasteiger charge is -2.02. The van der Waals surface area contributed by atoms with Crippen LogP contribution in [0.1, 0.15) is 17.9 Å². The van der Waals surface area contributed by atoms with Crippen LogP contribution in [0.25, 0.3) is 0 Å². The lowest BCUT2D eigenvalue weighted by Crippen LogP contribution is -2.22. The Morgan fingerprint density at radius 1 is 1.45 bits per heavy atom. The number of hydrogen-bond acceptors (Lipinski definition) is 5. The number of sulfonamides is 1. The molecule has 7 nitrogen and oxygen atoms in total. The van der Waals surface area contributed by atoms with E-state index in [9.17, 15) is 8.42 Å². The van der Waals surface area contributed by atoms with Gasteiger partial charge in [0.1, 0.15) is 16.4 Å². The molecule has 0 bridgehead atoms. The minimum Gasteiger partial charge on any atom is -0.465 e. The predicted molar refractivity (Wildman–Crippen MR) is 71.4 cm³/mol. The Hall–Kier alpha value is -1.64. The van der Waals surface area contributed by atoms with Gasteiger partial charge in [0.25, 0.3) is 0 Å². The molecule has 0 aromatic carbocycles. The number of aryl methyl sites for hydroxylation is 2. The number of aromatic nitrogens is 2. The van der Waals surface area contributed by atoms with Crippen molar-refractivity contribution in [2.75, 3.05) is 6.61 Å². The van der Waals surface area contributed by atoms with Gasteiger partial charge >= 0.3 is 0 Å².